The van der Waals surface area contributed by atoms with Crippen LogP contribution in [0.15, 0.2) is 79.1 Å². The highest BCUT2D eigenvalue weighted by molar-refractivity contribution is 5.96. The number of nitrogens with two attached hydrogens (primary N) is 1. The first-order valence-corrected chi connectivity index (χ1v) is 15.3. The fraction of sp³-hybridized carbons (Fsp3) is 0.206. The Morgan fingerprint density at radius 2 is 1.98 bits per heavy atom. The van der Waals surface area contributed by atoms with Crippen LogP contribution in [0.25, 0.3) is 28.2 Å². The molecule has 0 spiro atoms. The summed E-state index contributed by atoms with van der Waals surface area (Å²) in [5.74, 6) is 1.29. The van der Waals surface area contributed by atoms with Crippen molar-refractivity contribution in [2.45, 2.75) is 31.5 Å². The Morgan fingerprint density at radius 3 is 2.78 bits per heavy atom. The van der Waals surface area contributed by atoms with Gasteiger partial charge in [0.05, 0.1) is 23.3 Å². The summed E-state index contributed by atoms with van der Waals surface area (Å²) in [5.41, 5.74) is 15.4. The molecule has 1 saturated heterocycles. The number of aldehydes is 1. The Kier molecular flexibility index (Phi) is 6.73. The minimum atomic E-state index is -0.308. The minimum absolute atomic E-state index is 0.0750. The van der Waals surface area contributed by atoms with Gasteiger partial charge in [-0.2, -0.15) is 0 Å². The number of aromatic nitrogens is 4. The number of nitrogens with one attached hydrogen (secondary N) is 2. The number of carbonyl (C=O) groups is 2. The highest BCUT2D eigenvalue weighted by Crippen LogP contribution is 2.36. The number of hydrazine groups is 1. The van der Waals surface area contributed by atoms with Crippen LogP contribution in [-0.2, 0) is 6.42 Å². The van der Waals surface area contributed by atoms with Crippen molar-refractivity contribution < 1.29 is 14.7 Å². The average Bonchev–Trinajstić information content (AvgIpc) is 3.77. The van der Waals surface area contributed by atoms with Gasteiger partial charge >= 0.3 is 0 Å². The molecule has 12 nitrogen and oxygen atoms in total. The summed E-state index contributed by atoms with van der Waals surface area (Å²) in [6.45, 7) is 2.15. The largest absolute Gasteiger partial charge is 0.507 e. The van der Waals surface area contributed by atoms with Gasteiger partial charge in [0.1, 0.15) is 22.9 Å². The number of nitrogen functional groups attached to an aromatic ring is 1. The Labute approximate surface area is 264 Å². The second kappa shape index (κ2) is 11.1. The molecule has 2 aromatic carbocycles. The van der Waals surface area contributed by atoms with Crippen molar-refractivity contribution in [3.8, 4) is 22.8 Å². The smallest absolute Gasteiger partial charge is 0.251 e. The molecule has 46 heavy (non-hydrogen) atoms. The zero-order valence-electron chi connectivity index (χ0n) is 24.8. The first-order chi connectivity index (χ1) is 22.5. The maximum atomic E-state index is 13.1. The molecule has 3 aromatic heterocycles. The normalized spacial score (nSPS) is 18.9. The Hall–Kier alpha value is -5.59. The van der Waals surface area contributed by atoms with E-state index in [1.165, 1.54) is 24.6 Å². The maximum Gasteiger partial charge on any atom is 0.251 e. The lowest BCUT2D eigenvalue weighted by Gasteiger charge is -2.36. The number of pyridine rings is 2. The summed E-state index contributed by atoms with van der Waals surface area (Å²) in [7, 11) is 0. The zero-order valence-corrected chi connectivity index (χ0v) is 24.8. The van der Waals surface area contributed by atoms with Gasteiger partial charge < -0.3 is 16.2 Å². The van der Waals surface area contributed by atoms with Crippen LogP contribution in [0.3, 0.4) is 0 Å². The van der Waals surface area contributed by atoms with Crippen LogP contribution in [0.1, 0.15) is 50.7 Å². The molecule has 2 aliphatic heterocycles. The highest BCUT2D eigenvalue weighted by Gasteiger charge is 2.29. The summed E-state index contributed by atoms with van der Waals surface area (Å²) in [4.78, 5) is 41.1. The molecule has 5 N–H and O–H groups in total. The second-order valence-corrected chi connectivity index (χ2v) is 11.7. The van der Waals surface area contributed by atoms with E-state index in [9.17, 15) is 14.7 Å². The number of benzene rings is 2. The van der Waals surface area contributed by atoms with Crippen LogP contribution in [0.5, 0.6) is 5.75 Å². The molecule has 0 saturated carbocycles. The van der Waals surface area contributed by atoms with E-state index in [1.807, 2.05) is 52.2 Å². The number of nitrogens with zero attached hydrogens (tertiary/aromatic N) is 6. The van der Waals surface area contributed by atoms with E-state index in [1.54, 1.807) is 6.20 Å². The van der Waals surface area contributed by atoms with E-state index >= 15 is 0 Å². The number of anilines is 2. The molecule has 2 atom stereocenters. The fourth-order valence-electron chi connectivity index (χ4n) is 6.40. The van der Waals surface area contributed by atoms with Gasteiger partial charge in [0, 0.05) is 36.7 Å². The molecule has 1 amide bonds. The summed E-state index contributed by atoms with van der Waals surface area (Å²) in [6, 6.07) is 17.9. The zero-order chi connectivity index (χ0) is 31.4. The number of fused-ring (bicyclic) bond motifs is 2. The van der Waals surface area contributed by atoms with Crippen molar-refractivity contribution in [1.82, 2.24) is 35.2 Å². The standard InChI is InChI=1S/C34H31N9O3/c35-31-25(3-1-13-36-31)32-37-27-9-11-29(42-16-12-30(40-42)41-14-2-15-41)39-33(27)43(32)23-6-7-24-20(18-23)4-8-26(24)38-34(46)21-5-10-28(45)22(17-21)19-44/h1,3,5-7,9-13,16-19,26,30,40,45H,2,4,8,14-15H2,(H2,35,36)(H,38,46). The van der Waals surface area contributed by atoms with Crippen molar-refractivity contribution >= 4 is 35.0 Å². The number of aromatic hydroxyl groups is 1. The molecule has 5 heterocycles. The third kappa shape index (κ3) is 4.75. The van der Waals surface area contributed by atoms with Crippen molar-refractivity contribution in [1.29, 1.82) is 0 Å². The first-order valence-electron chi connectivity index (χ1n) is 15.3. The molecule has 8 rings (SSSR count). The SMILES string of the molecule is Nc1ncccc1-c1nc2ccc(N3C=CC(N4CCC4)N3)nc2n1-c1ccc2c(c1)CCC2NC(=O)c1ccc(O)c(C=O)c1. The number of imidazole rings is 1. The Morgan fingerprint density at radius 1 is 1.09 bits per heavy atom. The van der Waals surface area contributed by atoms with Crippen LogP contribution < -0.4 is 21.5 Å². The third-order valence-corrected chi connectivity index (χ3v) is 8.97. The number of rotatable bonds is 7. The Bertz CT molecular complexity index is 2050. The number of phenols is 1. The highest BCUT2D eigenvalue weighted by atomic mass is 16.3. The molecule has 1 aliphatic carbocycles. The predicted molar refractivity (Wildman–Crippen MR) is 173 cm³/mol. The number of likely N-dealkylation sites (tertiary alicyclic amines) is 1. The summed E-state index contributed by atoms with van der Waals surface area (Å²) >= 11 is 0. The molecule has 12 heteroatoms. The fourth-order valence-corrected chi connectivity index (χ4v) is 6.40. The van der Waals surface area contributed by atoms with E-state index in [-0.39, 0.29) is 29.4 Å². The summed E-state index contributed by atoms with van der Waals surface area (Å²) in [5, 5.41) is 14.9. The average molecular weight is 614 g/mol. The molecule has 1 fully saturated rings. The van der Waals surface area contributed by atoms with Gasteiger partial charge in [-0.05, 0) is 91.1 Å². The van der Waals surface area contributed by atoms with Gasteiger partial charge in [0.25, 0.3) is 5.91 Å². The summed E-state index contributed by atoms with van der Waals surface area (Å²) < 4.78 is 2.02. The molecular weight excluding hydrogens is 582 g/mol. The topological polar surface area (TPSA) is 155 Å². The predicted octanol–water partition coefficient (Wildman–Crippen LogP) is 3.87. The lowest BCUT2D eigenvalue weighted by atomic mass is 10.1. The van der Waals surface area contributed by atoms with E-state index in [4.69, 9.17) is 15.7 Å². The monoisotopic (exact) mass is 613 g/mol. The van der Waals surface area contributed by atoms with Crippen LogP contribution in [0.4, 0.5) is 11.6 Å². The molecule has 3 aliphatic rings. The van der Waals surface area contributed by atoms with Crippen LogP contribution in [0, 0.1) is 0 Å². The van der Waals surface area contributed by atoms with Gasteiger partial charge in [0.2, 0.25) is 0 Å². The summed E-state index contributed by atoms with van der Waals surface area (Å²) in [6.07, 6.45) is 9.19. The number of amides is 1. The van der Waals surface area contributed by atoms with E-state index < -0.39 is 0 Å². The van der Waals surface area contributed by atoms with Crippen LogP contribution in [0.2, 0.25) is 0 Å². The van der Waals surface area contributed by atoms with Gasteiger partial charge in [-0.15, -0.1) is 0 Å². The lowest BCUT2D eigenvalue weighted by Crippen LogP contribution is -2.52. The number of aryl methyl sites for hydroxylation is 1. The maximum absolute atomic E-state index is 13.1. The van der Waals surface area contributed by atoms with E-state index in [0.29, 0.717) is 34.7 Å². The first kappa shape index (κ1) is 27.9. The second-order valence-electron chi connectivity index (χ2n) is 11.7. The Balaban J connectivity index is 1.15. The quantitative estimate of drug-likeness (QED) is 0.199. The van der Waals surface area contributed by atoms with Crippen molar-refractivity contribution in [3.05, 3.63) is 101 Å². The minimum Gasteiger partial charge on any atom is -0.507 e. The van der Waals surface area contributed by atoms with Gasteiger partial charge in [-0.3, -0.25) is 24.1 Å². The number of hydrogen-bond acceptors (Lipinski definition) is 10. The molecule has 2 unspecified atom stereocenters. The van der Waals surface area contributed by atoms with Gasteiger partial charge in [0.15, 0.2) is 17.8 Å². The molecular formula is C34H31N9O3. The number of phenolic OH excluding ortho intramolecular Hbond substituents is 1. The molecule has 5 aromatic rings. The van der Waals surface area contributed by atoms with Crippen LogP contribution >= 0.6 is 0 Å². The number of carbonyl (C=O) groups excluding carboxylic acids is 2. The van der Waals surface area contributed by atoms with Crippen LogP contribution in [-0.4, -0.2) is 61.0 Å². The van der Waals surface area contributed by atoms with Crippen molar-refractivity contribution in [2.24, 2.45) is 0 Å². The lowest BCUT2D eigenvalue weighted by molar-refractivity contribution is 0.0936. The van der Waals surface area contributed by atoms with Crippen molar-refractivity contribution in [2.75, 3.05) is 23.8 Å². The van der Waals surface area contributed by atoms with E-state index in [0.717, 1.165) is 54.1 Å². The third-order valence-electron chi connectivity index (χ3n) is 8.97. The molecule has 230 valence electrons. The number of hydrogen-bond donors (Lipinski definition) is 4. The molecule has 0 bridgehead atoms. The van der Waals surface area contributed by atoms with Gasteiger partial charge in [-0.25, -0.2) is 20.4 Å². The van der Waals surface area contributed by atoms with Crippen molar-refractivity contribution in [3.63, 3.8) is 0 Å². The molecule has 0 radical (unpaired) electrons. The van der Waals surface area contributed by atoms with E-state index in [2.05, 4.69) is 32.8 Å². The van der Waals surface area contributed by atoms with Gasteiger partial charge in [-0.1, -0.05) is 6.07 Å².